The first-order chi connectivity index (χ1) is 9.95. The Hall–Kier alpha value is -2.68. The predicted octanol–water partition coefficient (Wildman–Crippen LogP) is 0.467. The van der Waals surface area contributed by atoms with Gasteiger partial charge in [-0.15, -0.1) is 0 Å². The van der Waals surface area contributed by atoms with Gasteiger partial charge in [0.15, 0.2) is 0 Å². The molecule has 21 heavy (non-hydrogen) atoms. The van der Waals surface area contributed by atoms with E-state index in [-0.39, 0.29) is 29.4 Å². The molecule has 0 aliphatic heterocycles. The molecule has 0 atom stereocenters. The summed E-state index contributed by atoms with van der Waals surface area (Å²) in [7, 11) is 1.49. The predicted molar refractivity (Wildman–Crippen MR) is 73.4 cm³/mol. The normalized spacial score (nSPS) is 9.95. The van der Waals surface area contributed by atoms with Crippen LogP contribution in [0.25, 0.3) is 0 Å². The molecule has 9 heteroatoms. The van der Waals surface area contributed by atoms with Gasteiger partial charge in [0.05, 0.1) is 23.6 Å². The summed E-state index contributed by atoms with van der Waals surface area (Å²) in [6.07, 6.45) is 0. The van der Waals surface area contributed by atoms with Crippen LogP contribution in [0.5, 0.6) is 0 Å². The van der Waals surface area contributed by atoms with Crippen molar-refractivity contribution >= 4 is 23.3 Å². The molecule has 3 N–H and O–H groups in total. The van der Waals surface area contributed by atoms with Crippen molar-refractivity contribution in [3.05, 3.63) is 33.9 Å². The van der Waals surface area contributed by atoms with Crippen LogP contribution in [0.3, 0.4) is 0 Å². The number of nitrogens with one attached hydrogen (secondary N) is 2. The molecule has 0 saturated heterocycles. The summed E-state index contributed by atoms with van der Waals surface area (Å²) in [5, 5.41) is 24.8. The Morgan fingerprint density at radius 1 is 1.43 bits per heavy atom. The average molecular weight is 297 g/mol. The zero-order valence-corrected chi connectivity index (χ0v) is 11.3. The summed E-state index contributed by atoms with van der Waals surface area (Å²) in [4.78, 5) is 32.5. The van der Waals surface area contributed by atoms with Crippen LogP contribution in [-0.2, 0) is 9.53 Å². The Labute approximate surface area is 120 Å². The number of hydrogen-bond acceptors (Lipinski definition) is 6. The van der Waals surface area contributed by atoms with Crippen LogP contribution in [0.1, 0.15) is 10.4 Å². The number of benzene rings is 1. The molecular weight excluding hydrogens is 282 g/mol. The van der Waals surface area contributed by atoms with Crippen LogP contribution >= 0.6 is 0 Å². The number of nitro groups is 1. The molecule has 1 rings (SSSR count). The smallest absolute Gasteiger partial charge is 0.335 e. The van der Waals surface area contributed by atoms with Crippen molar-refractivity contribution in [2.45, 2.75) is 0 Å². The summed E-state index contributed by atoms with van der Waals surface area (Å²) < 4.78 is 4.76. The van der Waals surface area contributed by atoms with Gasteiger partial charge in [-0.2, -0.15) is 0 Å². The molecule has 0 bridgehead atoms. The number of carboxylic acids is 1. The monoisotopic (exact) mass is 297 g/mol. The summed E-state index contributed by atoms with van der Waals surface area (Å²) in [5.41, 5.74) is -0.436. The molecule has 0 heterocycles. The molecule has 1 aromatic carbocycles. The topological polar surface area (TPSA) is 131 Å². The second-order valence-electron chi connectivity index (χ2n) is 3.99. The summed E-state index contributed by atoms with van der Waals surface area (Å²) in [5.74, 6) is -1.60. The van der Waals surface area contributed by atoms with E-state index in [4.69, 9.17) is 9.84 Å². The third-order valence-corrected chi connectivity index (χ3v) is 2.51. The largest absolute Gasteiger partial charge is 0.478 e. The number of methoxy groups -OCH3 is 1. The molecule has 9 nitrogen and oxygen atoms in total. The van der Waals surface area contributed by atoms with Gasteiger partial charge in [-0.1, -0.05) is 0 Å². The number of aromatic carboxylic acids is 1. The maximum absolute atomic E-state index is 11.5. The number of carboxylic acid groups (broad SMARTS) is 1. The van der Waals surface area contributed by atoms with Crippen LogP contribution in [-0.4, -0.2) is 48.7 Å². The SMILES string of the molecule is COCCNC(=O)CNc1cc(C(=O)O)ccc1[N+](=O)[O-]. The van der Waals surface area contributed by atoms with Gasteiger partial charge < -0.3 is 20.5 Å². The van der Waals surface area contributed by atoms with Crippen molar-refractivity contribution < 1.29 is 24.4 Å². The number of nitro benzene ring substituents is 1. The molecule has 0 spiro atoms. The van der Waals surface area contributed by atoms with Crippen molar-refractivity contribution in [2.24, 2.45) is 0 Å². The Bertz CT molecular complexity index is 546. The Morgan fingerprint density at radius 3 is 2.71 bits per heavy atom. The second-order valence-corrected chi connectivity index (χ2v) is 3.99. The number of nitrogens with zero attached hydrogens (tertiary/aromatic N) is 1. The minimum Gasteiger partial charge on any atom is -0.478 e. The van der Waals surface area contributed by atoms with Crippen LogP contribution < -0.4 is 10.6 Å². The lowest BCUT2D eigenvalue weighted by Gasteiger charge is -2.08. The molecule has 0 fully saturated rings. The molecule has 114 valence electrons. The number of carbonyl (C=O) groups is 2. The summed E-state index contributed by atoms with van der Waals surface area (Å²) >= 11 is 0. The first kappa shape index (κ1) is 16.4. The lowest BCUT2D eigenvalue weighted by molar-refractivity contribution is -0.383. The maximum Gasteiger partial charge on any atom is 0.335 e. The number of anilines is 1. The molecule has 0 aliphatic rings. The van der Waals surface area contributed by atoms with Crippen molar-refractivity contribution in [1.82, 2.24) is 5.32 Å². The van der Waals surface area contributed by atoms with Crippen molar-refractivity contribution in [3.8, 4) is 0 Å². The molecule has 0 unspecified atom stereocenters. The Kier molecular flexibility index (Phi) is 6.08. The minimum atomic E-state index is -1.21. The van der Waals surface area contributed by atoms with Gasteiger partial charge in [-0.25, -0.2) is 4.79 Å². The molecule has 0 aliphatic carbocycles. The van der Waals surface area contributed by atoms with Crippen molar-refractivity contribution in [1.29, 1.82) is 0 Å². The van der Waals surface area contributed by atoms with Crippen LogP contribution in [0.2, 0.25) is 0 Å². The van der Waals surface area contributed by atoms with E-state index < -0.39 is 10.9 Å². The van der Waals surface area contributed by atoms with Crippen LogP contribution in [0.4, 0.5) is 11.4 Å². The quantitative estimate of drug-likeness (QED) is 0.361. The fraction of sp³-hybridized carbons (Fsp3) is 0.333. The number of hydrogen-bond donors (Lipinski definition) is 3. The highest BCUT2D eigenvalue weighted by molar-refractivity contribution is 5.90. The lowest BCUT2D eigenvalue weighted by atomic mass is 10.1. The van der Waals surface area contributed by atoms with E-state index in [9.17, 15) is 19.7 Å². The number of ether oxygens (including phenoxy) is 1. The number of carbonyl (C=O) groups excluding carboxylic acids is 1. The van der Waals surface area contributed by atoms with Crippen LogP contribution in [0, 0.1) is 10.1 Å². The van der Waals surface area contributed by atoms with Gasteiger partial charge in [0.2, 0.25) is 5.91 Å². The zero-order chi connectivity index (χ0) is 15.8. The first-order valence-electron chi connectivity index (χ1n) is 5.97. The van der Waals surface area contributed by atoms with E-state index in [0.29, 0.717) is 13.2 Å². The van der Waals surface area contributed by atoms with E-state index in [0.717, 1.165) is 18.2 Å². The highest BCUT2D eigenvalue weighted by atomic mass is 16.6. The minimum absolute atomic E-state index is 0.0261. The number of rotatable bonds is 8. The fourth-order valence-corrected chi connectivity index (χ4v) is 1.50. The highest BCUT2D eigenvalue weighted by Crippen LogP contribution is 2.25. The molecule has 1 aromatic rings. The van der Waals surface area contributed by atoms with Gasteiger partial charge in [0.25, 0.3) is 5.69 Å². The summed E-state index contributed by atoms with van der Waals surface area (Å²) in [6, 6.07) is 3.32. The van der Waals surface area contributed by atoms with E-state index in [1.807, 2.05) is 0 Å². The molecular formula is C12H15N3O6. The fourth-order valence-electron chi connectivity index (χ4n) is 1.50. The standard InChI is InChI=1S/C12H15N3O6/c1-21-5-4-13-11(16)7-14-9-6-8(12(17)18)2-3-10(9)15(19)20/h2-3,6,14H,4-5,7H2,1H3,(H,13,16)(H,17,18). The lowest BCUT2D eigenvalue weighted by Crippen LogP contribution is -2.32. The highest BCUT2D eigenvalue weighted by Gasteiger charge is 2.17. The molecule has 0 saturated carbocycles. The van der Waals surface area contributed by atoms with Gasteiger partial charge in [-0.05, 0) is 12.1 Å². The van der Waals surface area contributed by atoms with Gasteiger partial charge in [0, 0.05) is 19.7 Å². The van der Waals surface area contributed by atoms with E-state index >= 15 is 0 Å². The maximum atomic E-state index is 11.5. The van der Waals surface area contributed by atoms with E-state index in [2.05, 4.69) is 10.6 Å². The molecule has 0 aromatic heterocycles. The van der Waals surface area contributed by atoms with Crippen molar-refractivity contribution in [2.75, 3.05) is 32.1 Å². The van der Waals surface area contributed by atoms with E-state index in [1.165, 1.54) is 7.11 Å². The van der Waals surface area contributed by atoms with Crippen LogP contribution in [0.15, 0.2) is 18.2 Å². The van der Waals surface area contributed by atoms with Gasteiger partial charge >= 0.3 is 5.97 Å². The zero-order valence-electron chi connectivity index (χ0n) is 11.3. The molecule has 1 amide bonds. The van der Waals surface area contributed by atoms with Gasteiger partial charge in [0.1, 0.15) is 5.69 Å². The van der Waals surface area contributed by atoms with E-state index in [1.54, 1.807) is 0 Å². The second kappa shape index (κ2) is 7.80. The average Bonchev–Trinajstić information content (AvgIpc) is 2.44. The third-order valence-electron chi connectivity index (χ3n) is 2.51. The first-order valence-corrected chi connectivity index (χ1v) is 5.97. The summed E-state index contributed by atoms with van der Waals surface area (Å²) in [6.45, 7) is 0.447. The molecule has 0 radical (unpaired) electrons. The Balaban J connectivity index is 2.75. The van der Waals surface area contributed by atoms with Crippen molar-refractivity contribution in [3.63, 3.8) is 0 Å². The number of amides is 1. The van der Waals surface area contributed by atoms with Gasteiger partial charge in [-0.3, -0.25) is 14.9 Å². The third kappa shape index (κ3) is 5.07. The Morgan fingerprint density at radius 2 is 2.14 bits per heavy atom.